The van der Waals surface area contributed by atoms with Crippen LogP contribution in [0.25, 0.3) is 10.8 Å². The van der Waals surface area contributed by atoms with Gasteiger partial charge in [-0.1, -0.05) is 30.3 Å². The number of carbonyl (C=O) groups is 2. The molecule has 22 heavy (non-hydrogen) atoms. The lowest BCUT2D eigenvalue weighted by Gasteiger charge is -2.23. The predicted octanol–water partition coefficient (Wildman–Crippen LogP) is 2.25. The molecule has 0 spiro atoms. The molecule has 3 rings (SSSR count). The highest BCUT2D eigenvalue weighted by Gasteiger charge is 2.26. The number of amides is 2. The topological polar surface area (TPSA) is 75.4 Å². The normalized spacial score (nSPS) is 14.7. The van der Waals surface area contributed by atoms with Gasteiger partial charge in [-0.05, 0) is 30.8 Å². The number of benzene rings is 2. The molecule has 0 radical (unpaired) electrons. The number of rotatable bonds is 4. The third-order valence-corrected chi connectivity index (χ3v) is 3.91. The van der Waals surface area contributed by atoms with Crippen molar-refractivity contribution in [1.29, 1.82) is 0 Å². The Morgan fingerprint density at radius 3 is 2.73 bits per heavy atom. The molecule has 0 fully saturated rings. The molecule has 3 N–H and O–H groups in total. The molecule has 0 saturated carbocycles. The number of anilines is 2. The predicted molar refractivity (Wildman–Crippen MR) is 87.8 cm³/mol. The number of nitrogens with two attached hydrogens (primary N) is 1. The van der Waals surface area contributed by atoms with Crippen LogP contribution in [-0.2, 0) is 9.59 Å². The maximum Gasteiger partial charge on any atom is 0.236 e. The van der Waals surface area contributed by atoms with Gasteiger partial charge in [-0.15, -0.1) is 0 Å². The van der Waals surface area contributed by atoms with Crippen LogP contribution in [0.3, 0.4) is 0 Å². The van der Waals surface area contributed by atoms with E-state index in [1.807, 2.05) is 36.4 Å². The van der Waals surface area contributed by atoms with Crippen LogP contribution >= 0.6 is 0 Å². The monoisotopic (exact) mass is 297 g/mol. The van der Waals surface area contributed by atoms with Gasteiger partial charge in [-0.3, -0.25) is 9.59 Å². The van der Waals surface area contributed by atoms with E-state index in [1.165, 1.54) is 0 Å². The van der Waals surface area contributed by atoms with Crippen molar-refractivity contribution in [3.8, 4) is 0 Å². The number of hydrogen-bond donors (Lipinski definition) is 2. The molecule has 114 valence electrons. The number of nitrogens with zero attached hydrogens (tertiary/aromatic N) is 1. The first kappa shape index (κ1) is 14.5. The standard InChI is InChI=1S/C17H19N3O2/c18-9-3-4-10-20-14-8-7-12-5-1-2-6-13(12)17(14)19-15(21)11-16(20)22/h1-2,5-8H,3-4,9-11,18H2,(H,19,21). The minimum absolute atomic E-state index is 0.119. The Bertz CT molecular complexity index is 727. The zero-order valence-corrected chi connectivity index (χ0v) is 12.3. The van der Waals surface area contributed by atoms with Gasteiger partial charge in [-0.25, -0.2) is 0 Å². The lowest BCUT2D eigenvalue weighted by molar-refractivity contribution is -0.124. The highest BCUT2D eigenvalue weighted by Crippen LogP contribution is 2.36. The van der Waals surface area contributed by atoms with Crippen molar-refractivity contribution in [2.45, 2.75) is 19.3 Å². The van der Waals surface area contributed by atoms with E-state index in [9.17, 15) is 9.59 Å². The van der Waals surface area contributed by atoms with Crippen LogP contribution in [0.4, 0.5) is 11.4 Å². The number of hydrogen-bond acceptors (Lipinski definition) is 3. The molecule has 5 heteroatoms. The van der Waals surface area contributed by atoms with Crippen molar-refractivity contribution in [3.63, 3.8) is 0 Å². The smallest absolute Gasteiger partial charge is 0.236 e. The number of fused-ring (bicyclic) bond motifs is 3. The molecule has 5 nitrogen and oxygen atoms in total. The fourth-order valence-electron chi connectivity index (χ4n) is 2.83. The summed E-state index contributed by atoms with van der Waals surface area (Å²) < 4.78 is 0. The molecule has 1 aliphatic heterocycles. The Morgan fingerprint density at radius 2 is 1.91 bits per heavy atom. The maximum atomic E-state index is 12.4. The summed E-state index contributed by atoms with van der Waals surface area (Å²) >= 11 is 0. The average Bonchev–Trinajstić information content (AvgIpc) is 2.64. The Hall–Kier alpha value is -2.40. The van der Waals surface area contributed by atoms with E-state index in [2.05, 4.69) is 5.32 Å². The largest absolute Gasteiger partial charge is 0.330 e. The molecule has 1 aliphatic rings. The summed E-state index contributed by atoms with van der Waals surface area (Å²) in [6, 6.07) is 11.7. The highest BCUT2D eigenvalue weighted by atomic mass is 16.2. The van der Waals surface area contributed by atoms with Crippen molar-refractivity contribution in [3.05, 3.63) is 36.4 Å². The highest BCUT2D eigenvalue weighted by molar-refractivity contribution is 6.18. The van der Waals surface area contributed by atoms with Crippen molar-refractivity contribution >= 4 is 34.0 Å². The second-order valence-corrected chi connectivity index (χ2v) is 5.45. The van der Waals surface area contributed by atoms with Crippen molar-refractivity contribution in [2.75, 3.05) is 23.3 Å². The molecule has 0 saturated heterocycles. The lowest BCUT2D eigenvalue weighted by atomic mass is 10.1. The summed E-state index contributed by atoms with van der Waals surface area (Å²) in [7, 11) is 0. The summed E-state index contributed by atoms with van der Waals surface area (Å²) in [4.78, 5) is 26.1. The molecular formula is C17H19N3O2. The zero-order chi connectivity index (χ0) is 15.5. The minimum Gasteiger partial charge on any atom is -0.330 e. The van der Waals surface area contributed by atoms with Gasteiger partial charge in [-0.2, -0.15) is 0 Å². The van der Waals surface area contributed by atoms with E-state index >= 15 is 0 Å². The molecular weight excluding hydrogens is 278 g/mol. The molecule has 0 bridgehead atoms. The van der Waals surface area contributed by atoms with E-state index in [-0.39, 0.29) is 18.2 Å². The number of nitrogens with one attached hydrogen (secondary N) is 1. The van der Waals surface area contributed by atoms with Crippen LogP contribution in [0.1, 0.15) is 19.3 Å². The minimum atomic E-state index is -0.260. The zero-order valence-electron chi connectivity index (χ0n) is 12.3. The van der Waals surface area contributed by atoms with Gasteiger partial charge in [0.2, 0.25) is 11.8 Å². The van der Waals surface area contributed by atoms with E-state index in [0.717, 1.165) is 35.0 Å². The summed E-state index contributed by atoms with van der Waals surface area (Å²) in [6.07, 6.45) is 1.56. The molecule has 0 aromatic heterocycles. The number of unbranched alkanes of at least 4 members (excludes halogenated alkanes) is 1. The molecule has 0 unspecified atom stereocenters. The van der Waals surface area contributed by atoms with Gasteiger partial charge in [0.1, 0.15) is 6.42 Å². The molecule has 0 aliphatic carbocycles. The Labute approximate surface area is 129 Å². The van der Waals surface area contributed by atoms with Gasteiger partial charge in [0.05, 0.1) is 11.4 Å². The fourth-order valence-corrected chi connectivity index (χ4v) is 2.83. The van der Waals surface area contributed by atoms with Gasteiger partial charge >= 0.3 is 0 Å². The van der Waals surface area contributed by atoms with Crippen LogP contribution in [-0.4, -0.2) is 24.9 Å². The van der Waals surface area contributed by atoms with Crippen LogP contribution in [0, 0.1) is 0 Å². The van der Waals surface area contributed by atoms with E-state index in [0.29, 0.717) is 13.1 Å². The van der Waals surface area contributed by atoms with Crippen LogP contribution in [0.15, 0.2) is 36.4 Å². The first-order chi connectivity index (χ1) is 10.7. The molecule has 2 aromatic carbocycles. The third-order valence-electron chi connectivity index (χ3n) is 3.91. The SMILES string of the molecule is NCCCCN1C(=O)CC(=O)Nc2c1ccc1ccccc21. The third kappa shape index (κ3) is 2.67. The van der Waals surface area contributed by atoms with E-state index in [1.54, 1.807) is 4.90 Å². The quantitative estimate of drug-likeness (QED) is 0.671. The van der Waals surface area contributed by atoms with Gasteiger partial charge in [0.15, 0.2) is 0 Å². The van der Waals surface area contributed by atoms with Crippen LogP contribution in [0.2, 0.25) is 0 Å². The first-order valence-corrected chi connectivity index (χ1v) is 7.53. The maximum absolute atomic E-state index is 12.4. The summed E-state index contributed by atoms with van der Waals surface area (Å²) in [6.45, 7) is 1.18. The van der Waals surface area contributed by atoms with Crippen LogP contribution < -0.4 is 16.0 Å². The summed E-state index contributed by atoms with van der Waals surface area (Å²) in [5.74, 6) is -0.424. The molecule has 1 heterocycles. The average molecular weight is 297 g/mol. The Morgan fingerprint density at radius 1 is 1.09 bits per heavy atom. The van der Waals surface area contributed by atoms with E-state index in [4.69, 9.17) is 5.73 Å². The second-order valence-electron chi connectivity index (χ2n) is 5.45. The summed E-state index contributed by atoms with van der Waals surface area (Å²) in [5.41, 5.74) is 7.02. The van der Waals surface area contributed by atoms with Gasteiger partial charge in [0, 0.05) is 11.9 Å². The molecule has 0 atom stereocenters. The Kier molecular flexibility index (Phi) is 4.06. The second kappa shape index (κ2) is 6.15. The Balaban J connectivity index is 2.08. The van der Waals surface area contributed by atoms with Crippen molar-refractivity contribution in [1.82, 2.24) is 0 Å². The molecule has 2 amide bonds. The summed E-state index contributed by atoms with van der Waals surface area (Å²) in [5, 5.41) is 4.88. The van der Waals surface area contributed by atoms with E-state index < -0.39 is 0 Å². The fraction of sp³-hybridized carbons (Fsp3) is 0.294. The lowest BCUT2D eigenvalue weighted by Crippen LogP contribution is -2.32. The number of carbonyl (C=O) groups excluding carboxylic acids is 2. The van der Waals surface area contributed by atoms with Crippen LogP contribution in [0.5, 0.6) is 0 Å². The van der Waals surface area contributed by atoms with Gasteiger partial charge in [0.25, 0.3) is 0 Å². The van der Waals surface area contributed by atoms with Crippen molar-refractivity contribution < 1.29 is 9.59 Å². The van der Waals surface area contributed by atoms with Crippen molar-refractivity contribution in [2.24, 2.45) is 5.73 Å². The first-order valence-electron chi connectivity index (χ1n) is 7.53. The molecule has 2 aromatic rings. The van der Waals surface area contributed by atoms with Gasteiger partial charge < -0.3 is 16.0 Å².